The molecule has 1 rings (SSSR count). The maximum atomic E-state index is 11.6. The number of rotatable bonds is 7. The van der Waals surface area contributed by atoms with Crippen LogP contribution in [0.5, 0.6) is 0 Å². The van der Waals surface area contributed by atoms with Gasteiger partial charge in [-0.2, -0.15) is 0 Å². The number of carbonyl (C=O) groups is 2. The molecule has 0 aromatic carbocycles. The molecule has 0 bridgehead atoms. The van der Waals surface area contributed by atoms with E-state index >= 15 is 0 Å². The molecule has 98 valence electrons. The number of hydrogen-bond acceptors (Lipinski definition) is 3. The second-order valence-corrected chi connectivity index (χ2v) is 4.85. The summed E-state index contributed by atoms with van der Waals surface area (Å²) in [6.45, 7) is 2.55. The van der Waals surface area contributed by atoms with Crippen LogP contribution in [-0.4, -0.2) is 49.4 Å². The lowest BCUT2D eigenvalue weighted by Gasteiger charge is -2.14. The third kappa shape index (κ3) is 5.68. The van der Waals surface area contributed by atoms with E-state index in [1.165, 1.54) is 0 Å². The molecule has 1 aliphatic rings. The molecule has 0 radical (unpaired) electrons. The summed E-state index contributed by atoms with van der Waals surface area (Å²) < 4.78 is 0. The molecule has 0 heterocycles. The molecule has 0 saturated heterocycles. The molecule has 5 heteroatoms. The molecular weight excluding hydrogens is 218 g/mol. The highest BCUT2D eigenvalue weighted by Crippen LogP contribution is 2.18. The van der Waals surface area contributed by atoms with Gasteiger partial charge in [0.25, 0.3) is 0 Å². The summed E-state index contributed by atoms with van der Waals surface area (Å²) in [6.07, 6.45) is 3.50. The Morgan fingerprint density at radius 1 is 1.35 bits per heavy atom. The van der Waals surface area contributed by atoms with Gasteiger partial charge in [-0.1, -0.05) is 0 Å². The van der Waals surface area contributed by atoms with Crippen molar-refractivity contribution in [3.05, 3.63) is 0 Å². The largest absolute Gasteiger partial charge is 0.352 e. The Balaban J connectivity index is 2.04. The molecule has 17 heavy (non-hydrogen) atoms. The molecule has 2 amide bonds. The van der Waals surface area contributed by atoms with Gasteiger partial charge in [0, 0.05) is 26.6 Å². The Morgan fingerprint density at radius 3 is 2.53 bits per heavy atom. The van der Waals surface area contributed by atoms with E-state index in [9.17, 15) is 9.59 Å². The fourth-order valence-electron chi connectivity index (χ4n) is 1.43. The van der Waals surface area contributed by atoms with Gasteiger partial charge < -0.3 is 15.5 Å². The highest BCUT2D eigenvalue weighted by Gasteiger charge is 2.25. The van der Waals surface area contributed by atoms with E-state index < -0.39 is 0 Å². The summed E-state index contributed by atoms with van der Waals surface area (Å²) in [5.41, 5.74) is 0. The van der Waals surface area contributed by atoms with Crippen molar-refractivity contribution >= 4 is 11.8 Å². The molecule has 0 aliphatic heterocycles. The summed E-state index contributed by atoms with van der Waals surface area (Å²) >= 11 is 0. The zero-order valence-electron chi connectivity index (χ0n) is 11.0. The fraction of sp³-hybridized carbons (Fsp3) is 0.833. The molecule has 0 spiro atoms. The predicted octanol–water partition coefficient (Wildman–Crippen LogP) is 0.112. The Labute approximate surface area is 103 Å². The summed E-state index contributed by atoms with van der Waals surface area (Å²) in [6, 6.07) is 0.229. The van der Waals surface area contributed by atoms with Gasteiger partial charge in [0.1, 0.15) is 0 Å². The second-order valence-electron chi connectivity index (χ2n) is 4.85. The van der Waals surface area contributed by atoms with Crippen LogP contribution in [0.1, 0.15) is 32.6 Å². The average Bonchev–Trinajstić information content (AvgIpc) is 3.07. The van der Waals surface area contributed by atoms with Crippen LogP contribution in [0, 0.1) is 0 Å². The molecule has 1 unspecified atom stereocenters. The minimum Gasteiger partial charge on any atom is -0.352 e. The van der Waals surface area contributed by atoms with E-state index in [-0.39, 0.29) is 17.9 Å². The number of nitrogens with one attached hydrogen (secondary N) is 2. The van der Waals surface area contributed by atoms with Gasteiger partial charge in [0.05, 0.1) is 6.04 Å². The lowest BCUT2D eigenvalue weighted by atomic mass is 10.2. The summed E-state index contributed by atoms with van der Waals surface area (Å²) in [7, 11) is 3.50. The second kappa shape index (κ2) is 6.59. The van der Waals surface area contributed by atoms with Gasteiger partial charge in [0.15, 0.2) is 0 Å². The highest BCUT2D eigenvalue weighted by atomic mass is 16.2. The normalized spacial score (nSPS) is 16.4. The molecule has 1 atom stereocenters. The Morgan fingerprint density at radius 2 is 2.00 bits per heavy atom. The summed E-state index contributed by atoms with van der Waals surface area (Å²) in [5, 5.41) is 6.07. The number of nitrogens with zero attached hydrogens (tertiary/aromatic N) is 1. The van der Waals surface area contributed by atoms with Crippen molar-refractivity contribution in [3.63, 3.8) is 0 Å². The SMILES string of the molecule is CC(NCCCC(=O)N(C)C)C(=O)NC1CC1. The van der Waals surface area contributed by atoms with Gasteiger partial charge in [-0.15, -0.1) is 0 Å². The Kier molecular flexibility index (Phi) is 5.41. The van der Waals surface area contributed by atoms with Crippen LogP contribution in [0.15, 0.2) is 0 Å². The lowest BCUT2D eigenvalue weighted by Crippen LogP contribution is -2.43. The van der Waals surface area contributed by atoms with Gasteiger partial charge in [-0.25, -0.2) is 0 Å². The third-order valence-corrected chi connectivity index (χ3v) is 2.83. The first-order chi connectivity index (χ1) is 8.00. The van der Waals surface area contributed by atoms with Crippen molar-refractivity contribution < 1.29 is 9.59 Å². The molecule has 0 aromatic heterocycles. The van der Waals surface area contributed by atoms with Crippen molar-refractivity contribution in [3.8, 4) is 0 Å². The molecule has 0 aromatic rings. The molecule has 1 aliphatic carbocycles. The van der Waals surface area contributed by atoms with Gasteiger partial charge in [-0.3, -0.25) is 9.59 Å². The quantitative estimate of drug-likeness (QED) is 0.622. The zero-order chi connectivity index (χ0) is 12.8. The number of amides is 2. The molecular formula is C12H23N3O2. The minimum atomic E-state index is -0.176. The standard InChI is InChI=1S/C12H23N3O2/c1-9(12(17)14-10-6-7-10)13-8-4-5-11(16)15(2)3/h9-10,13H,4-8H2,1-3H3,(H,14,17). The van der Waals surface area contributed by atoms with Crippen molar-refractivity contribution in [2.75, 3.05) is 20.6 Å². The van der Waals surface area contributed by atoms with Crippen molar-refractivity contribution in [1.29, 1.82) is 0 Å². The van der Waals surface area contributed by atoms with Crippen molar-refractivity contribution in [2.45, 2.75) is 44.7 Å². The van der Waals surface area contributed by atoms with Gasteiger partial charge >= 0.3 is 0 Å². The van der Waals surface area contributed by atoms with Crippen LogP contribution in [-0.2, 0) is 9.59 Å². The van der Waals surface area contributed by atoms with Crippen LogP contribution < -0.4 is 10.6 Å². The Hall–Kier alpha value is -1.10. The Bertz CT molecular complexity index is 275. The van der Waals surface area contributed by atoms with E-state index in [4.69, 9.17) is 0 Å². The number of carbonyl (C=O) groups excluding carboxylic acids is 2. The molecule has 1 saturated carbocycles. The maximum Gasteiger partial charge on any atom is 0.237 e. The zero-order valence-corrected chi connectivity index (χ0v) is 11.0. The summed E-state index contributed by atoms with van der Waals surface area (Å²) in [4.78, 5) is 24.5. The molecule has 2 N–H and O–H groups in total. The van der Waals surface area contributed by atoms with Gasteiger partial charge in [0.2, 0.25) is 11.8 Å². The van der Waals surface area contributed by atoms with Gasteiger partial charge in [-0.05, 0) is 32.7 Å². The topological polar surface area (TPSA) is 61.4 Å². The van der Waals surface area contributed by atoms with Crippen LogP contribution >= 0.6 is 0 Å². The van der Waals surface area contributed by atoms with Crippen LogP contribution in [0.4, 0.5) is 0 Å². The average molecular weight is 241 g/mol. The fourth-order valence-corrected chi connectivity index (χ4v) is 1.43. The van der Waals surface area contributed by atoms with E-state index in [0.717, 1.165) is 19.3 Å². The summed E-state index contributed by atoms with van der Waals surface area (Å²) in [5.74, 6) is 0.188. The highest BCUT2D eigenvalue weighted by molar-refractivity contribution is 5.81. The maximum absolute atomic E-state index is 11.6. The first-order valence-electron chi connectivity index (χ1n) is 6.24. The molecule has 1 fully saturated rings. The van der Waals surface area contributed by atoms with E-state index in [2.05, 4.69) is 10.6 Å². The molecule has 5 nitrogen and oxygen atoms in total. The van der Waals surface area contributed by atoms with E-state index in [0.29, 0.717) is 19.0 Å². The predicted molar refractivity (Wildman–Crippen MR) is 66.6 cm³/mol. The van der Waals surface area contributed by atoms with E-state index in [1.54, 1.807) is 19.0 Å². The van der Waals surface area contributed by atoms with Crippen molar-refractivity contribution in [2.24, 2.45) is 0 Å². The smallest absolute Gasteiger partial charge is 0.237 e. The van der Waals surface area contributed by atoms with Crippen LogP contribution in [0.2, 0.25) is 0 Å². The van der Waals surface area contributed by atoms with Crippen LogP contribution in [0.3, 0.4) is 0 Å². The first-order valence-corrected chi connectivity index (χ1v) is 6.24. The monoisotopic (exact) mass is 241 g/mol. The van der Waals surface area contributed by atoms with Crippen molar-refractivity contribution in [1.82, 2.24) is 15.5 Å². The lowest BCUT2D eigenvalue weighted by molar-refractivity contribution is -0.128. The number of hydrogen-bond donors (Lipinski definition) is 2. The minimum absolute atomic E-state index is 0.0615. The van der Waals surface area contributed by atoms with Crippen LogP contribution in [0.25, 0.3) is 0 Å². The first kappa shape index (κ1) is 14.0. The third-order valence-electron chi connectivity index (χ3n) is 2.83. The van der Waals surface area contributed by atoms with E-state index in [1.807, 2.05) is 6.92 Å².